The van der Waals surface area contributed by atoms with E-state index in [1.165, 1.54) is 65.7 Å². The van der Waals surface area contributed by atoms with Crippen LogP contribution in [0.1, 0.15) is 0 Å². The minimum absolute atomic E-state index is 0.910. The maximum absolute atomic E-state index is 6.44. The summed E-state index contributed by atoms with van der Waals surface area (Å²) in [5.41, 5.74) is 15.0. The molecule has 0 N–H and O–H groups in total. The van der Waals surface area contributed by atoms with Crippen molar-refractivity contribution in [1.29, 1.82) is 0 Å². The molecule has 56 heavy (non-hydrogen) atoms. The van der Waals surface area contributed by atoms with Crippen LogP contribution in [-0.2, 0) is 0 Å². The Balaban J connectivity index is 0.994. The molecule has 1 aliphatic carbocycles. The Hall–Kier alpha value is -7.42. The van der Waals surface area contributed by atoms with Gasteiger partial charge in [-0.2, -0.15) is 0 Å². The van der Waals surface area contributed by atoms with Crippen molar-refractivity contribution < 1.29 is 4.42 Å². The minimum Gasteiger partial charge on any atom is -0.455 e. The predicted molar refractivity (Wildman–Crippen MR) is 236 cm³/mol. The van der Waals surface area contributed by atoms with Gasteiger partial charge in [-0.15, -0.1) is 0 Å². The summed E-state index contributed by atoms with van der Waals surface area (Å²) in [6.45, 7) is 0. The molecule has 0 unspecified atom stereocenters. The van der Waals surface area contributed by atoms with E-state index in [0.29, 0.717) is 0 Å². The number of rotatable bonds is 5. The Morgan fingerprint density at radius 2 is 0.893 bits per heavy atom. The first-order valence-electron chi connectivity index (χ1n) is 19.3. The van der Waals surface area contributed by atoms with Crippen LogP contribution in [-0.4, -0.2) is 0 Å². The van der Waals surface area contributed by atoms with Crippen LogP contribution in [0, 0.1) is 0 Å². The monoisotopic (exact) mass is 711 g/mol. The van der Waals surface area contributed by atoms with E-state index < -0.39 is 0 Å². The SMILES string of the molecule is c1ccc2c(c1)-c1cccc3c(N(c4ccc(-c5ccc6c(ccc7ccccc76)c5)cc4)c4ccc(-c5cccc6c5oc5ccccc56)cc4)ccc-2c13. The van der Waals surface area contributed by atoms with Gasteiger partial charge in [-0.25, -0.2) is 0 Å². The lowest BCUT2D eigenvalue weighted by Crippen LogP contribution is -2.10. The summed E-state index contributed by atoms with van der Waals surface area (Å²) < 4.78 is 6.44. The highest BCUT2D eigenvalue weighted by Crippen LogP contribution is 2.51. The number of hydrogen-bond acceptors (Lipinski definition) is 2. The summed E-state index contributed by atoms with van der Waals surface area (Å²) in [5, 5.41) is 9.91. The van der Waals surface area contributed by atoms with Crippen molar-refractivity contribution in [3.8, 4) is 44.5 Å². The van der Waals surface area contributed by atoms with Crippen LogP contribution in [0.25, 0.3) is 98.8 Å². The second kappa shape index (κ2) is 12.0. The molecule has 260 valence electrons. The predicted octanol–water partition coefficient (Wildman–Crippen LogP) is 15.5. The maximum Gasteiger partial charge on any atom is 0.143 e. The molecule has 2 nitrogen and oxygen atoms in total. The molecule has 0 amide bonds. The number of anilines is 3. The first-order valence-corrected chi connectivity index (χ1v) is 19.3. The van der Waals surface area contributed by atoms with Crippen molar-refractivity contribution in [3.05, 3.63) is 200 Å². The average Bonchev–Trinajstić information content (AvgIpc) is 3.81. The Bertz CT molecular complexity index is 3320. The Morgan fingerprint density at radius 1 is 0.321 bits per heavy atom. The van der Waals surface area contributed by atoms with Crippen molar-refractivity contribution in [2.75, 3.05) is 4.90 Å². The molecule has 0 saturated heterocycles. The standard InChI is InChI=1S/C54H33NO/c1-2-10-41-35(9-1)19-20-38-33-37(25-30-42(38)41)34-21-26-39(27-22-34)55(51-32-31-48-45-12-4-3-11-44(45)47-15-8-17-50(51)53(47)48)40-28-23-36(24-29-40)43-14-7-16-49-46-13-5-6-18-52(46)56-54(43)49/h1-33H. The number of fused-ring (bicyclic) bond motifs is 9. The molecule has 0 fully saturated rings. The highest BCUT2D eigenvalue weighted by molar-refractivity contribution is 6.19. The van der Waals surface area contributed by atoms with Crippen molar-refractivity contribution in [3.63, 3.8) is 0 Å². The van der Waals surface area contributed by atoms with Gasteiger partial charge >= 0.3 is 0 Å². The van der Waals surface area contributed by atoms with E-state index in [0.717, 1.165) is 50.1 Å². The van der Waals surface area contributed by atoms with E-state index in [4.69, 9.17) is 4.42 Å². The topological polar surface area (TPSA) is 16.4 Å². The summed E-state index contributed by atoms with van der Waals surface area (Å²) >= 11 is 0. The molecule has 2 heteroatoms. The molecular formula is C54H33NO. The zero-order valence-electron chi connectivity index (χ0n) is 30.4. The van der Waals surface area contributed by atoms with E-state index >= 15 is 0 Å². The smallest absolute Gasteiger partial charge is 0.143 e. The Kier molecular flexibility index (Phi) is 6.66. The summed E-state index contributed by atoms with van der Waals surface area (Å²) in [7, 11) is 0. The highest BCUT2D eigenvalue weighted by atomic mass is 16.3. The summed E-state index contributed by atoms with van der Waals surface area (Å²) in [5.74, 6) is 0. The van der Waals surface area contributed by atoms with Gasteiger partial charge in [0.1, 0.15) is 11.2 Å². The van der Waals surface area contributed by atoms with Gasteiger partial charge < -0.3 is 9.32 Å². The van der Waals surface area contributed by atoms with Gasteiger partial charge in [0, 0.05) is 33.1 Å². The molecule has 0 bridgehead atoms. The third-order valence-corrected chi connectivity index (χ3v) is 11.8. The lowest BCUT2D eigenvalue weighted by Gasteiger charge is -2.27. The second-order valence-electron chi connectivity index (χ2n) is 14.8. The van der Waals surface area contributed by atoms with E-state index in [9.17, 15) is 0 Å². The lowest BCUT2D eigenvalue weighted by atomic mass is 9.97. The largest absolute Gasteiger partial charge is 0.455 e. The first-order chi connectivity index (χ1) is 27.8. The van der Waals surface area contributed by atoms with Crippen LogP contribution in [0.3, 0.4) is 0 Å². The second-order valence-corrected chi connectivity index (χ2v) is 14.8. The van der Waals surface area contributed by atoms with Crippen LogP contribution >= 0.6 is 0 Å². The molecule has 11 aromatic rings. The van der Waals surface area contributed by atoms with Crippen LogP contribution in [0.4, 0.5) is 17.1 Å². The molecular weight excluding hydrogens is 679 g/mol. The van der Waals surface area contributed by atoms with Crippen molar-refractivity contribution in [1.82, 2.24) is 0 Å². The van der Waals surface area contributed by atoms with Gasteiger partial charge in [0.05, 0.1) is 5.69 Å². The fourth-order valence-electron chi connectivity index (χ4n) is 9.18. The maximum atomic E-state index is 6.44. The Morgan fingerprint density at radius 3 is 1.70 bits per heavy atom. The normalized spacial score (nSPS) is 11.9. The third-order valence-electron chi connectivity index (χ3n) is 11.8. The average molecular weight is 712 g/mol. The van der Waals surface area contributed by atoms with Gasteiger partial charge in [-0.3, -0.25) is 0 Å². The molecule has 1 aromatic heterocycles. The molecule has 0 aliphatic heterocycles. The van der Waals surface area contributed by atoms with Gasteiger partial charge in [0.2, 0.25) is 0 Å². The zero-order chi connectivity index (χ0) is 36.7. The third kappa shape index (κ3) is 4.63. The number of nitrogens with zero attached hydrogens (tertiary/aromatic N) is 1. The van der Waals surface area contributed by atoms with Gasteiger partial charge in [0.15, 0.2) is 0 Å². The molecule has 1 heterocycles. The molecule has 0 saturated carbocycles. The van der Waals surface area contributed by atoms with Crippen LogP contribution in [0.2, 0.25) is 0 Å². The number of para-hydroxylation sites is 2. The van der Waals surface area contributed by atoms with Crippen LogP contribution in [0.5, 0.6) is 0 Å². The Labute approximate surface area is 324 Å². The van der Waals surface area contributed by atoms with Crippen molar-refractivity contribution >= 4 is 71.3 Å². The summed E-state index contributed by atoms with van der Waals surface area (Å²) in [6, 6.07) is 72.8. The van der Waals surface area contributed by atoms with Crippen LogP contribution < -0.4 is 4.90 Å². The summed E-state index contributed by atoms with van der Waals surface area (Å²) in [6.07, 6.45) is 0. The molecule has 0 atom stereocenters. The molecule has 0 spiro atoms. The van der Waals surface area contributed by atoms with Gasteiger partial charge in [-0.1, -0.05) is 158 Å². The van der Waals surface area contributed by atoms with Crippen molar-refractivity contribution in [2.24, 2.45) is 0 Å². The molecule has 12 rings (SSSR count). The first kappa shape index (κ1) is 31.0. The number of furan rings is 1. The highest BCUT2D eigenvalue weighted by Gasteiger charge is 2.25. The summed E-state index contributed by atoms with van der Waals surface area (Å²) in [4.78, 5) is 2.41. The quantitative estimate of drug-likeness (QED) is 0.165. The van der Waals surface area contributed by atoms with E-state index in [2.05, 4.69) is 193 Å². The molecule has 0 radical (unpaired) electrons. The fraction of sp³-hybridized carbons (Fsp3) is 0. The minimum atomic E-state index is 0.910. The number of benzene rings is 10. The fourth-order valence-corrected chi connectivity index (χ4v) is 9.18. The van der Waals surface area contributed by atoms with Gasteiger partial charge in [-0.05, 0) is 108 Å². The van der Waals surface area contributed by atoms with E-state index in [-0.39, 0.29) is 0 Å². The van der Waals surface area contributed by atoms with E-state index in [1.54, 1.807) is 0 Å². The van der Waals surface area contributed by atoms with E-state index in [1.807, 2.05) is 12.1 Å². The molecule has 10 aromatic carbocycles. The lowest BCUT2D eigenvalue weighted by molar-refractivity contribution is 0.670. The zero-order valence-corrected chi connectivity index (χ0v) is 30.4. The van der Waals surface area contributed by atoms with Crippen molar-refractivity contribution in [2.45, 2.75) is 0 Å². The number of hydrogen-bond donors (Lipinski definition) is 0. The molecule has 1 aliphatic rings. The van der Waals surface area contributed by atoms with Crippen LogP contribution in [0.15, 0.2) is 205 Å². The van der Waals surface area contributed by atoms with Gasteiger partial charge in [0.25, 0.3) is 0 Å².